The molecule has 0 aliphatic rings. The molecule has 0 heterocycles. The predicted molar refractivity (Wildman–Crippen MR) is 23.0 cm³/mol. The quantitative estimate of drug-likeness (QED) is 0.659. The molecule has 9 heteroatoms. The van der Waals surface area contributed by atoms with Gasteiger partial charge in [-0.3, -0.25) is 4.74 Å². The van der Waals surface area contributed by atoms with Crippen LogP contribution >= 0.6 is 0 Å². The molecule has 1 nitrogen and oxygen atoms in total. The first kappa shape index (κ1) is 12.4. The Bertz CT molecular complexity index is 166. The van der Waals surface area contributed by atoms with Gasteiger partial charge in [-0.25, -0.2) is 8.78 Å². The fourth-order valence-corrected chi connectivity index (χ4v) is 0.317. The van der Waals surface area contributed by atoms with Crippen molar-refractivity contribution in [3.63, 3.8) is 0 Å². The molecular formula is C4H2F8O. The highest BCUT2D eigenvalue weighted by Gasteiger charge is 2.65. The van der Waals surface area contributed by atoms with Crippen LogP contribution < -0.4 is 0 Å². The summed E-state index contributed by atoms with van der Waals surface area (Å²) in [5.74, 6) is -5.94. The van der Waals surface area contributed by atoms with E-state index in [-0.39, 0.29) is 0 Å². The third-order valence-electron chi connectivity index (χ3n) is 0.899. The van der Waals surface area contributed by atoms with Crippen LogP contribution in [0.5, 0.6) is 0 Å². The zero-order chi connectivity index (χ0) is 10.9. The van der Waals surface area contributed by atoms with Crippen LogP contribution in [0.4, 0.5) is 35.1 Å². The van der Waals surface area contributed by atoms with Crippen molar-refractivity contribution in [2.75, 3.05) is 0 Å². The molecular weight excluding hydrogens is 216 g/mol. The third-order valence-corrected chi connectivity index (χ3v) is 0.899. The number of alkyl halides is 8. The van der Waals surface area contributed by atoms with Crippen molar-refractivity contribution >= 4 is 0 Å². The molecule has 0 aromatic rings. The van der Waals surface area contributed by atoms with Gasteiger partial charge in [0, 0.05) is 0 Å². The molecule has 0 atom stereocenters. The summed E-state index contributed by atoms with van der Waals surface area (Å²) >= 11 is 0. The average molecular weight is 218 g/mol. The highest BCUT2D eigenvalue weighted by atomic mass is 19.3. The molecule has 0 bridgehead atoms. The topological polar surface area (TPSA) is 9.23 Å². The van der Waals surface area contributed by atoms with E-state index in [1.165, 1.54) is 0 Å². The number of hydrogen-bond acceptors (Lipinski definition) is 1. The second-order valence-corrected chi connectivity index (χ2v) is 1.82. The van der Waals surface area contributed by atoms with Crippen LogP contribution in [0.15, 0.2) is 0 Å². The van der Waals surface area contributed by atoms with Crippen molar-refractivity contribution in [2.24, 2.45) is 0 Å². The number of ether oxygens (including phenoxy) is 1. The van der Waals surface area contributed by atoms with E-state index in [2.05, 4.69) is 4.74 Å². The van der Waals surface area contributed by atoms with Gasteiger partial charge in [0.1, 0.15) is 0 Å². The summed E-state index contributed by atoms with van der Waals surface area (Å²) < 4.78 is 93.6. The van der Waals surface area contributed by atoms with Gasteiger partial charge in [0.2, 0.25) is 0 Å². The standard InChI is InChI=1S/C4H2F8O/c5-1(6)3(9,10)4(11,12)13-2(7)8/h1-2H. The second-order valence-electron chi connectivity index (χ2n) is 1.82. The lowest BCUT2D eigenvalue weighted by molar-refractivity contribution is -0.412. The lowest BCUT2D eigenvalue weighted by Crippen LogP contribution is -2.49. The summed E-state index contributed by atoms with van der Waals surface area (Å²) in [6, 6.07) is 0. The van der Waals surface area contributed by atoms with Crippen LogP contribution in [0.3, 0.4) is 0 Å². The molecule has 0 saturated carbocycles. The van der Waals surface area contributed by atoms with E-state index >= 15 is 0 Å². The Morgan fingerprint density at radius 3 is 1.46 bits per heavy atom. The summed E-state index contributed by atoms with van der Waals surface area (Å²) in [5.41, 5.74) is 0. The van der Waals surface area contributed by atoms with Crippen LogP contribution in [0, 0.1) is 0 Å². The SMILES string of the molecule is FC(F)OC(F)(F)C(F)(F)C(F)F. The summed E-state index contributed by atoms with van der Waals surface area (Å²) in [6.07, 6.45) is -10.7. The Labute approximate surface area is 66.3 Å². The maximum atomic E-state index is 11.8. The van der Waals surface area contributed by atoms with E-state index in [9.17, 15) is 35.1 Å². The normalized spacial score (nSPS) is 14.3. The Kier molecular flexibility index (Phi) is 3.47. The maximum absolute atomic E-state index is 11.8. The first-order chi connectivity index (χ1) is 5.61. The fraction of sp³-hybridized carbons (Fsp3) is 1.00. The molecule has 0 fully saturated rings. The van der Waals surface area contributed by atoms with Gasteiger partial charge >= 0.3 is 25.1 Å². The van der Waals surface area contributed by atoms with Gasteiger partial charge in [0.05, 0.1) is 0 Å². The van der Waals surface area contributed by atoms with Crippen molar-refractivity contribution < 1.29 is 39.9 Å². The summed E-state index contributed by atoms with van der Waals surface area (Å²) in [5, 5.41) is 0. The van der Waals surface area contributed by atoms with Crippen LogP contribution in [0.1, 0.15) is 0 Å². The minimum atomic E-state index is -5.94. The molecule has 0 aromatic heterocycles. The van der Waals surface area contributed by atoms with Crippen molar-refractivity contribution in [2.45, 2.75) is 25.1 Å². The molecule has 13 heavy (non-hydrogen) atoms. The Hall–Kier alpha value is -0.600. The first-order valence-electron chi connectivity index (χ1n) is 2.61. The molecule has 0 unspecified atom stereocenters. The van der Waals surface area contributed by atoms with E-state index in [0.29, 0.717) is 0 Å². The van der Waals surface area contributed by atoms with E-state index in [1.54, 1.807) is 0 Å². The number of rotatable bonds is 4. The van der Waals surface area contributed by atoms with Crippen molar-refractivity contribution in [3.05, 3.63) is 0 Å². The maximum Gasteiger partial charge on any atom is 0.429 e. The van der Waals surface area contributed by atoms with Crippen molar-refractivity contribution in [1.29, 1.82) is 0 Å². The van der Waals surface area contributed by atoms with Gasteiger partial charge in [-0.2, -0.15) is 26.3 Å². The van der Waals surface area contributed by atoms with Crippen LogP contribution in [0.2, 0.25) is 0 Å². The summed E-state index contributed by atoms with van der Waals surface area (Å²) in [7, 11) is 0. The van der Waals surface area contributed by atoms with Crippen LogP contribution in [-0.4, -0.2) is 25.1 Å². The summed E-state index contributed by atoms with van der Waals surface area (Å²) in [4.78, 5) is 0. The molecule has 0 spiro atoms. The first-order valence-corrected chi connectivity index (χ1v) is 2.61. The van der Waals surface area contributed by atoms with Crippen LogP contribution in [0.25, 0.3) is 0 Å². The molecule has 0 saturated heterocycles. The van der Waals surface area contributed by atoms with E-state index < -0.39 is 25.1 Å². The lowest BCUT2D eigenvalue weighted by atomic mass is 10.3. The van der Waals surface area contributed by atoms with E-state index in [4.69, 9.17) is 0 Å². The van der Waals surface area contributed by atoms with Gasteiger partial charge in [0.15, 0.2) is 0 Å². The fourth-order valence-electron chi connectivity index (χ4n) is 0.317. The number of halogens is 8. The molecule has 0 N–H and O–H groups in total. The molecule has 0 amide bonds. The minimum absolute atomic E-state index is 2.07. The molecule has 0 aliphatic carbocycles. The Morgan fingerprint density at radius 2 is 1.23 bits per heavy atom. The molecule has 80 valence electrons. The molecule has 0 rings (SSSR count). The van der Waals surface area contributed by atoms with Crippen molar-refractivity contribution in [1.82, 2.24) is 0 Å². The second kappa shape index (κ2) is 3.64. The zero-order valence-corrected chi connectivity index (χ0v) is 5.59. The number of hydrogen-bond donors (Lipinski definition) is 0. The molecule has 0 aliphatic heterocycles. The van der Waals surface area contributed by atoms with Crippen molar-refractivity contribution in [3.8, 4) is 0 Å². The Balaban J connectivity index is 4.60. The lowest BCUT2D eigenvalue weighted by Gasteiger charge is -2.24. The van der Waals surface area contributed by atoms with Gasteiger partial charge in [-0.15, -0.1) is 0 Å². The monoisotopic (exact) mass is 218 g/mol. The van der Waals surface area contributed by atoms with Gasteiger partial charge in [-0.1, -0.05) is 0 Å². The minimum Gasteiger partial charge on any atom is -0.253 e. The Morgan fingerprint density at radius 1 is 0.846 bits per heavy atom. The largest absolute Gasteiger partial charge is 0.429 e. The zero-order valence-electron chi connectivity index (χ0n) is 5.59. The molecule has 0 radical (unpaired) electrons. The summed E-state index contributed by atoms with van der Waals surface area (Å²) in [6.45, 7) is -4.26. The smallest absolute Gasteiger partial charge is 0.253 e. The predicted octanol–water partition coefficient (Wildman–Crippen LogP) is 2.72. The average Bonchev–Trinajstić information content (AvgIpc) is 1.83. The van der Waals surface area contributed by atoms with Gasteiger partial charge in [0.25, 0.3) is 0 Å². The van der Waals surface area contributed by atoms with E-state index in [0.717, 1.165) is 0 Å². The third kappa shape index (κ3) is 2.68. The molecule has 0 aromatic carbocycles. The van der Waals surface area contributed by atoms with Gasteiger partial charge in [-0.05, 0) is 0 Å². The van der Waals surface area contributed by atoms with Gasteiger partial charge < -0.3 is 0 Å². The van der Waals surface area contributed by atoms with E-state index in [1.807, 2.05) is 0 Å². The van der Waals surface area contributed by atoms with Crippen LogP contribution in [-0.2, 0) is 4.74 Å². The highest BCUT2D eigenvalue weighted by Crippen LogP contribution is 2.40. The highest BCUT2D eigenvalue weighted by molar-refractivity contribution is 4.79.